The molecule has 7 heteroatoms. The van der Waals surface area contributed by atoms with Crippen LogP contribution in [0.1, 0.15) is 30.0 Å². The standard InChI is InChI=1S/C19H22N4O2S/c1-22(18-12-6-8-15-7-2-3-9-16(15)18)26(24,25)14-13-23-19-11-5-4-10-17(19)20-21-23/h2-5,7,9-11,18H,6,8,12-14H2,1H3/t18-/m1/s1. The number of rotatable bonds is 5. The van der Waals surface area contributed by atoms with Crippen LogP contribution in [0.2, 0.25) is 0 Å². The van der Waals surface area contributed by atoms with Crippen molar-refractivity contribution in [1.29, 1.82) is 0 Å². The molecule has 1 atom stereocenters. The van der Waals surface area contributed by atoms with Gasteiger partial charge < -0.3 is 0 Å². The minimum Gasteiger partial charge on any atom is -0.244 e. The highest BCUT2D eigenvalue weighted by Gasteiger charge is 2.30. The number of sulfonamides is 1. The number of benzene rings is 2. The second-order valence-electron chi connectivity index (χ2n) is 6.74. The maximum absolute atomic E-state index is 12.9. The largest absolute Gasteiger partial charge is 0.244 e. The number of aromatic nitrogens is 3. The molecule has 1 aliphatic carbocycles. The van der Waals surface area contributed by atoms with Crippen LogP contribution in [-0.4, -0.2) is 40.5 Å². The highest BCUT2D eigenvalue weighted by atomic mass is 32.2. The van der Waals surface area contributed by atoms with E-state index in [1.165, 1.54) is 5.56 Å². The van der Waals surface area contributed by atoms with E-state index in [2.05, 4.69) is 22.4 Å². The molecule has 4 rings (SSSR count). The van der Waals surface area contributed by atoms with E-state index in [0.29, 0.717) is 6.54 Å². The van der Waals surface area contributed by atoms with Gasteiger partial charge in [0.15, 0.2) is 0 Å². The first kappa shape index (κ1) is 17.2. The molecule has 0 saturated carbocycles. The van der Waals surface area contributed by atoms with Gasteiger partial charge in [-0.1, -0.05) is 41.6 Å². The van der Waals surface area contributed by atoms with Gasteiger partial charge in [0.05, 0.1) is 17.8 Å². The first-order valence-electron chi connectivity index (χ1n) is 8.88. The summed E-state index contributed by atoms with van der Waals surface area (Å²) in [6.45, 7) is 0.293. The second-order valence-corrected chi connectivity index (χ2v) is 8.89. The summed E-state index contributed by atoms with van der Waals surface area (Å²) >= 11 is 0. The Morgan fingerprint density at radius 3 is 2.81 bits per heavy atom. The quantitative estimate of drug-likeness (QED) is 0.693. The van der Waals surface area contributed by atoms with Crippen molar-refractivity contribution in [2.45, 2.75) is 31.8 Å². The Labute approximate surface area is 153 Å². The van der Waals surface area contributed by atoms with Crippen LogP contribution >= 0.6 is 0 Å². The zero-order valence-corrected chi connectivity index (χ0v) is 15.6. The molecule has 0 fully saturated rings. The monoisotopic (exact) mass is 370 g/mol. The summed E-state index contributed by atoms with van der Waals surface area (Å²) in [5.74, 6) is 0.00945. The lowest BCUT2D eigenvalue weighted by Crippen LogP contribution is -2.36. The Hall–Kier alpha value is -2.25. The van der Waals surface area contributed by atoms with Gasteiger partial charge in [-0.15, -0.1) is 5.10 Å². The lowest BCUT2D eigenvalue weighted by Gasteiger charge is -2.32. The van der Waals surface area contributed by atoms with Crippen LogP contribution in [-0.2, 0) is 23.0 Å². The Morgan fingerprint density at radius 2 is 1.92 bits per heavy atom. The van der Waals surface area contributed by atoms with Gasteiger partial charge in [0.1, 0.15) is 5.52 Å². The first-order valence-corrected chi connectivity index (χ1v) is 10.5. The summed E-state index contributed by atoms with van der Waals surface area (Å²) in [7, 11) is -1.71. The van der Waals surface area contributed by atoms with Crippen molar-refractivity contribution >= 4 is 21.1 Å². The third-order valence-electron chi connectivity index (χ3n) is 5.20. The molecule has 0 spiro atoms. The molecule has 0 saturated heterocycles. The molecular weight excluding hydrogens is 348 g/mol. The molecule has 1 aromatic heterocycles. The predicted molar refractivity (Wildman–Crippen MR) is 101 cm³/mol. The van der Waals surface area contributed by atoms with Crippen LogP contribution in [0.15, 0.2) is 48.5 Å². The smallest absolute Gasteiger partial charge is 0.216 e. The number of para-hydroxylation sites is 1. The summed E-state index contributed by atoms with van der Waals surface area (Å²) in [4.78, 5) is 0. The molecule has 0 aliphatic heterocycles. The Kier molecular flexibility index (Phi) is 4.50. The SMILES string of the molecule is CN([C@@H]1CCCc2ccccc21)S(=O)(=O)CCn1nnc2ccccc21. The van der Waals surface area contributed by atoms with Crippen LogP contribution in [0.25, 0.3) is 11.0 Å². The maximum atomic E-state index is 12.9. The van der Waals surface area contributed by atoms with E-state index in [1.807, 2.05) is 36.4 Å². The highest BCUT2D eigenvalue weighted by molar-refractivity contribution is 7.89. The molecule has 0 N–H and O–H groups in total. The molecule has 6 nitrogen and oxygen atoms in total. The summed E-state index contributed by atoms with van der Waals surface area (Å²) in [5, 5.41) is 8.18. The fourth-order valence-electron chi connectivity index (χ4n) is 3.73. The Balaban J connectivity index is 1.53. The van der Waals surface area contributed by atoms with Crippen LogP contribution in [0.5, 0.6) is 0 Å². The predicted octanol–water partition coefficient (Wildman–Crippen LogP) is 2.77. The van der Waals surface area contributed by atoms with Gasteiger partial charge in [-0.3, -0.25) is 0 Å². The van der Waals surface area contributed by atoms with Gasteiger partial charge in [0.25, 0.3) is 0 Å². The van der Waals surface area contributed by atoms with E-state index in [0.717, 1.165) is 35.9 Å². The van der Waals surface area contributed by atoms with Crippen LogP contribution < -0.4 is 0 Å². The second kappa shape index (κ2) is 6.81. The van der Waals surface area contributed by atoms with Gasteiger partial charge in [-0.25, -0.2) is 13.1 Å². The Bertz CT molecular complexity index is 1030. The minimum atomic E-state index is -3.40. The molecule has 0 amide bonds. The van der Waals surface area contributed by atoms with Gasteiger partial charge in [-0.05, 0) is 42.5 Å². The van der Waals surface area contributed by atoms with Crippen molar-refractivity contribution in [1.82, 2.24) is 19.3 Å². The lowest BCUT2D eigenvalue weighted by molar-refractivity contribution is 0.336. The third-order valence-corrected chi connectivity index (χ3v) is 7.03. The fourth-order valence-corrected chi connectivity index (χ4v) is 5.03. The minimum absolute atomic E-state index is 0.00945. The van der Waals surface area contributed by atoms with Crippen molar-refractivity contribution in [3.8, 4) is 0 Å². The van der Waals surface area contributed by atoms with Gasteiger partial charge in [-0.2, -0.15) is 4.31 Å². The number of aryl methyl sites for hydroxylation is 2. The van der Waals surface area contributed by atoms with E-state index in [-0.39, 0.29) is 11.8 Å². The molecule has 0 unspecified atom stereocenters. The highest BCUT2D eigenvalue weighted by Crippen LogP contribution is 2.34. The molecule has 1 aliphatic rings. The van der Waals surface area contributed by atoms with E-state index in [1.54, 1.807) is 16.0 Å². The van der Waals surface area contributed by atoms with E-state index >= 15 is 0 Å². The zero-order valence-electron chi connectivity index (χ0n) is 14.7. The topological polar surface area (TPSA) is 68.1 Å². The van der Waals surface area contributed by atoms with Gasteiger partial charge in [0, 0.05) is 13.1 Å². The van der Waals surface area contributed by atoms with Crippen LogP contribution in [0, 0.1) is 0 Å². The van der Waals surface area contributed by atoms with Gasteiger partial charge in [0.2, 0.25) is 10.0 Å². The molecular formula is C19H22N4O2S. The number of hydrogen-bond acceptors (Lipinski definition) is 4. The van der Waals surface area contributed by atoms with Crippen molar-refractivity contribution < 1.29 is 8.42 Å². The summed E-state index contributed by atoms with van der Waals surface area (Å²) in [6, 6.07) is 15.7. The van der Waals surface area contributed by atoms with Crippen molar-refractivity contribution in [3.63, 3.8) is 0 Å². The van der Waals surface area contributed by atoms with Crippen LogP contribution in [0.4, 0.5) is 0 Å². The van der Waals surface area contributed by atoms with Gasteiger partial charge >= 0.3 is 0 Å². The first-order chi connectivity index (χ1) is 12.6. The lowest BCUT2D eigenvalue weighted by atomic mass is 9.88. The molecule has 3 aromatic rings. The van der Waals surface area contributed by atoms with Crippen molar-refractivity contribution in [3.05, 3.63) is 59.7 Å². The molecule has 136 valence electrons. The third kappa shape index (κ3) is 3.12. The zero-order chi connectivity index (χ0) is 18.1. The number of fused-ring (bicyclic) bond motifs is 2. The van der Waals surface area contributed by atoms with E-state index in [4.69, 9.17) is 0 Å². The maximum Gasteiger partial charge on any atom is 0.216 e. The van der Waals surface area contributed by atoms with Crippen molar-refractivity contribution in [2.75, 3.05) is 12.8 Å². The molecule has 0 bridgehead atoms. The summed E-state index contributed by atoms with van der Waals surface area (Å²) in [6.07, 6.45) is 2.89. The number of nitrogens with zero attached hydrogens (tertiary/aromatic N) is 4. The summed E-state index contributed by atoms with van der Waals surface area (Å²) in [5.41, 5.74) is 4.02. The molecule has 1 heterocycles. The molecule has 2 aromatic carbocycles. The van der Waals surface area contributed by atoms with Crippen molar-refractivity contribution in [2.24, 2.45) is 0 Å². The molecule has 26 heavy (non-hydrogen) atoms. The Morgan fingerprint density at radius 1 is 1.15 bits per heavy atom. The number of hydrogen-bond donors (Lipinski definition) is 0. The van der Waals surface area contributed by atoms with E-state index in [9.17, 15) is 8.42 Å². The average Bonchev–Trinajstić information content (AvgIpc) is 3.09. The van der Waals surface area contributed by atoms with Crippen LogP contribution in [0.3, 0.4) is 0 Å². The normalized spacial score (nSPS) is 17.5. The van der Waals surface area contributed by atoms with E-state index < -0.39 is 10.0 Å². The summed E-state index contributed by atoms with van der Waals surface area (Å²) < 4.78 is 29.1. The molecule has 0 radical (unpaired) electrons. The fraction of sp³-hybridized carbons (Fsp3) is 0.368. The average molecular weight is 370 g/mol.